The number of aliphatic imine (C=N–C) groups is 1. The summed E-state index contributed by atoms with van der Waals surface area (Å²) in [5, 5.41) is 2.46. The van der Waals surface area contributed by atoms with Crippen LogP contribution in [0.2, 0.25) is 5.02 Å². The van der Waals surface area contributed by atoms with Crippen molar-refractivity contribution >= 4 is 63.4 Å². The minimum Gasteiger partial charge on any atom is -0.482 e. The molecular weight excluding hydrogens is 644 g/mol. The summed E-state index contributed by atoms with van der Waals surface area (Å²) in [7, 11) is 0. The number of carbonyl (C=O) groups is 3. The van der Waals surface area contributed by atoms with Gasteiger partial charge in [0, 0.05) is 16.3 Å². The SMILES string of the molecule is O=C(N=C1SCC(=O)N1c1cc(Cl)ccc1OCC(F)(F)F)Nc1ccc(NNC(=O)c2ccc(OC(F)(F)F)cc2)cc1. The summed E-state index contributed by atoms with van der Waals surface area (Å²) in [5.74, 6) is -2.15. The Bertz CT molecular complexity index is 1570. The second kappa shape index (κ2) is 13.3. The predicted molar refractivity (Wildman–Crippen MR) is 150 cm³/mol. The summed E-state index contributed by atoms with van der Waals surface area (Å²) >= 11 is 6.87. The van der Waals surface area contributed by atoms with Crippen molar-refractivity contribution in [1.29, 1.82) is 0 Å². The van der Waals surface area contributed by atoms with Gasteiger partial charge in [0.15, 0.2) is 11.8 Å². The number of amidine groups is 1. The Hall–Kier alpha value is -4.64. The summed E-state index contributed by atoms with van der Waals surface area (Å²) in [5.41, 5.74) is 5.52. The van der Waals surface area contributed by atoms with Crippen LogP contribution in [0.3, 0.4) is 0 Å². The van der Waals surface area contributed by atoms with Crippen molar-refractivity contribution in [2.75, 3.05) is 28.0 Å². The number of amides is 4. The van der Waals surface area contributed by atoms with Gasteiger partial charge >= 0.3 is 18.6 Å². The highest BCUT2D eigenvalue weighted by atomic mass is 35.5. The third-order valence-corrected chi connectivity index (χ3v) is 6.48. The largest absolute Gasteiger partial charge is 0.573 e. The molecule has 18 heteroatoms. The molecule has 3 N–H and O–H groups in total. The molecule has 1 saturated heterocycles. The number of rotatable bonds is 8. The Morgan fingerprint density at radius 1 is 0.955 bits per heavy atom. The standard InChI is InChI=1S/C26H18ClF6N5O5S/c27-15-3-10-20(42-13-25(28,29)30)19(11-15)38-21(39)12-44-24(38)35-23(41)34-16-4-6-17(7-5-16)36-37-22(40)14-1-8-18(9-2-14)43-26(31,32)33/h1-11,36H,12-13H2,(H,34,41)(H,37,40). The first-order valence-corrected chi connectivity index (χ1v) is 13.4. The molecule has 1 heterocycles. The van der Waals surface area contributed by atoms with Gasteiger partial charge in [0.05, 0.1) is 17.1 Å². The lowest BCUT2D eigenvalue weighted by Gasteiger charge is -2.20. The molecule has 232 valence electrons. The monoisotopic (exact) mass is 661 g/mol. The Kier molecular flexibility index (Phi) is 9.78. The topological polar surface area (TPSA) is 121 Å². The number of alkyl halides is 6. The lowest BCUT2D eigenvalue weighted by atomic mass is 10.2. The van der Waals surface area contributed by atoms with E-state index in [4.69, 9.17) is 16.3 Å². The maximum Gasteiger partial charge on any atom is 0.573 e. The third kappa shape index (κ3) is 9.18. The molecule has 4 amide bonds. The number of benzene rings is 3. The van der Waals surface area contributed by atoms with E-state index in [0.29, 0.717) is 5.69 Å². The molecule has 0 atom stereocenters. The molecule has 3 aromatic carbocycles. The van der Waals surface area contributed by atoms with Crippen LogP contribution >= 0.6 is 23.4 Å². The lowest BCUT2D eigenvalue weighted by Crippen LogP contribution is -2.31. The third-order valence-electron chi connectivity index (χ3n) is 5.32. The van der Waals surface area contributed by atoms with Gasteiger partial charge in [-0.2, -0.15) is 18.2 Å². The summed E-state index contributed by atoms with van der Waals surface area (Å²) in [6.45, 7) is -1.62. The Morgan fingerprint density at radius 3 is 2.25 bits per heavy atom. The second-order valence-electron chi connectivity index (χ2n) is 8.59. The van der Waals surface area contributed by atoms with Crippen LogP contribution in [-0.4, -0.2) is 47.9 Å². The van der Waals surface area contributed by atoms with Crippen LogP contribution in [-0.2, 0) is 4.79 Å². The number of thioether (sulfide) groups is 1. The number of nitrogens with one attached hydrogen (secondary N) is 3. The highest BCUT2D eigenvalue weighted by molar-refractivity contribution is 8.15. The molecule has 0 aliphatic carbocycles. The van der Waals surface area contributed by atoms with E-state index >= 15 is 0 Å². The predicted octanol–water partition coefficient (Wildman–Crippen LogP) is 6.60. The van der Waals surface area contributed by atoms with E-state index in [2.05, 4.69) is 25.9 Å². The van der Waals surface area contributed by atoms with Crippen LogP contribution in [0.15, 0.2) is 71.7 Å². The number of anilines is 3. The average molecular weight is 662 g/mol. The van der Waals surface area contributed by atoms with E-state index in [1.54, 1.807) is 0 Å². The number of ether oxygens (including phenoxy) is 2. The van der Waals surface area contributed by atoms with Crippen molar-refractivity contribution < 1.29 is 50.2 Å². The highest BCUT2D eigenvalue weighted by Crippen LogP contribution is 2.37. The molecule has 1 fully saturated rings. The number of halogens is 7. The first-order chi connectivity index (χ1) is 20.7. The quantitative estimate of drug-likeness (QED) is 0.184. The van der Waals surface area contributed by atoms with Crippen molar-refractivity contribution in [3.63, 3.8) is 0 Å². The van der Waals surface area contributed by atoms with Crippen LogP contribution in [0.1, 0.15) is 10.4 Å². The molecule has 0 spiro atoms. The average Bonchev–Trinajstić information content (AvgIpc) is 3.29. The highest BCUT2D eigenvalue weighted by Gasteiger charge is 2.35. The lowest BCUT2D eigenvalue weighted by molar-refractivity contribution is -0.274. The van der Waals surface area contributed by atoms with Gasteiger partial charge in [-0.1, -0.05) is 23.4 Å². The zero-order valence-corrected chi connectivity index (χ0v) is 23.3. The van der Waals surface area contributed by atoms with Crippen molar-refractivity contribution in [2.24, 2.45) is 4.99 Å². The number of carbonyl (C=O) groups excluding carboxylic acids is 3. The molecular formula is C26H18ClF6N5O5S. The van der Waals surface area contributed by atoms with E-state index in [9.17, 15) is 40.7 Å². The fraction of sp³-hybridized carbons (Fsp3) is 0.154. The van der Waals surface area contributed by atoms with Gasteiger partial charge in [0.1, 0.15) is 11.5 Å². The minimum absolute atomic E-state index is 0.0455. The molecule has 4 rings (SSSR count). The van der Waals surface area contributed by atoms with Gasteiger partial charge in [0.25, 0.3) is 5.91 Å². The van der Waals surface area contributed by atoms with Gasteiger partial charge in [0.2, 0.25) is 5.91 Å². The molecule has 0 radical (unpaired) electrons. The molecule has 10 nitrogen and oxygen atoms in total. The van der Waals surface area contributed by atoms with E-state index in [-0.39, 0.29) is 38.6 Å². The summed E-state index contributed by atoms with van der Waals surface area (Å²) in [6.07, 6.45) is -9.50. The maximum absolute atomic E-state index is 12.7. The molecule has 44 heavy (non-hydrogen) atoms. The number of urea groups is 1. The summed E-state index contributed by atoms with van der Waals surface area (Å²) in [6, 6.07) is 12.8. The van der Waals surface area contributed by atoms with Crippen LogP contribution in [0, 0.1) is 0 Å². The molecule has 0 saturated carbocycles. The Balaban J connectivity index is 1.37. The van der Waals surface area contributed by atoms with E-state index in [0.717, 1.165) is 40.9 Å². The number of hydrazine groups is 1. The summed E-state index contributed by atoms with van der Waals surface area (Å²) < 4.78 is 83.6. The number of hydrogen-bond donors (Lipinski definition) is 3. The fourth-order valence-electron chi connectivity index (χ4n) is 3.51. The number of nitrogens with zero attached hydrogens (tertiary/aromatic N) is 2. The van der Waals surface area contributed by atoms with E-state index < -0.39 is 42.7 Å². The molecule has 0 unspecified atom stereocenters. The minimum atomic E-state index is -4.86. The Morgan fingerprint density at radius 2 is 1.61 bits per heavy atom. The molecule has 3 aromatic rings. The normalized spacial score (nSPS) is 14.4. The van der Waals surface area contributed by atoms with Gasteiger partial charge in [-0.25, -0.2) is 4.79 Å². The van der Waals surface area contributed by atoms with Crippen molar-refractivity contribution in [1.82, 2.24) is 5.43 Å². The fourth-order valence-corrected chi connectivity index (χ4v) is 4.54. The van der Waals surface area contributed by atoms with Crippen LogP contribution < -0.4 is 30.5 Å². The van der Waals surface area contributed by atoms with Crippen LogP contribution in [0.25, 0.3) is 0 Å². The van der Waals surface area contributed by atoms with Gasteiger partial charge in [-0.05, 0) is 66.7 Å². The van der Waals surface area contributed by atoms with Crippen LogP contribution in [0.5, 0.6) is 11.5 Å². The molecule has 0 bridgehead atoms. The maximum atomic E-state index is 12.7. The number of hydrogen-bond acceptors (Lipinski definition) is 7. The smallest absolute Gasteiger partial charge is 0.482 e. The zero-order chi connectivity index (χ0) is 32.1. The van der Waals surface area contributed by atoms with Crippen molar-refractivity contribution in [2.45, 2.75) is 12.5 Å². The van der Waals surface area contributed by atoms with Crippen molar-refractivity contribution in [3.05, 3.63) is 77.3 Å². The van der Waals surface area contributed by atoms with Gasteiger partial charge < -0.3 is 14.8 Å². The Labute approximate surface area is 253 Å². The van der Waals surface area contributed by atoms with E-state index in [1.165, 1.54) is 42.5 Å². The van der Waals surface area contributed by atoms with Gasteiger partial charge in [-0.15, -0.1) is 13.2 Å². The molecule has 1 aliphatic heterocycles. The first-order valence-electron chi connectivity index (χ1n) is 12.0. The van der Waals surface area contributed by atoms with Crippen LogP contribution in [0.4, 0.5) is 48.2 Å². The van der Waals surface area contributed by atoms with Gasteiger partial charge in [-0.3, -0.25) is 25.3 Å². The molecule has 0 aromatic heterocycles. The zero-order valence-electron chi connectivity index (χ0n) is 21.8. The van der Waals surface area contributed by atoms with Crippen molar-refractivity contribution in [3.8, 4) is 11.5 Å². The van der Waals surface area contributed by atoms with E-state index in [1.807, 2.05) is 0 Å². The summed E-state index contributed by atoms with van der Waals surface area (Å²) in [4.78, 5) is 42.3. The second-order valence-corrected chi connectivity index (χ2v) is 9.97. The molecule has 1 aliphatic rings. The first kappa shape index (κ1) is 32.3.